The van der Waals surface area contributed by atoms with Crippen LogP contribution in [-0.2, 0) is 6.54 Å². The molecule has 0 aliphatic carbocycles. The molecule has 5 aromatic rings. The molecule has 2 aromatic heterocycles. The molecule has 1 aliphatic heterocycles. The highest BCUT2D eigenvalue weighted by Crippen LogP contribution is 2.42. The summed E-state index contributed by atoms with van der Waals surface area (Å²) in [5, 5.41) is 2.21. The van der Waals surface area contributed by atoms with Crippen molar-refractivity contribution in [2.45, 2.75) is 13.5 Å². The fraction of sp³-hybridized carbons (Fsp3) is 0.0800. The fourth-order valence-electron chi connectivity index (χ4n) is 4.35. The number of aryl methyl sites for hydroxylation is 1. The number of para-hydroxylation sites is 1. The molecule has 3 heterocycles. The highest BCUT2D eigenvalue weighted by molar-refractivity contribution is 6.42. The van der Waals surface area contributed by atoms with Crippen LogP contribution in [0.2, 0.25) is 10.0 Å². The van der Waals surface area contributed by atoms with Crippen molar-refractivity contribution < 1.29 is 0 Å². The molecule has 1 aliphatic rings. The normalized spacial score (nSPS) is 13.2. The maximum absolute atomic E-state index is 6.35. The molecule has 0 fully saturated rings. The Bertz CT molecular complexity index is 1490. The Kier molecular flexibility index (Phi) is 3.86. The average molecular weight is 430 g/mol. The van der Waals surface area contributed by atoms with Gasteiger partial charge in [-0.05, 0) is 30.7 Å². The van der Waals surface area contributed by atoms with Crippen molar-refractivity contribution in [3.8, 4) is 11.4 Å². The third kappa shape index (κ3) is 2.56. The Balaban J connectivity index is 1.71. The van der Waals surface area contributed by atoms with Crippen LogP contribution in [0, 0.1) is 6.92 Å². The number of benzene rings is 3. The lowest BCUT2D eigenvalue weighted by Gasteiger charge is -2.07. The topological polar surface area (TPSA) is 33.6 Å². The van der Waals surface area contributed by atoms with Crippen molar-refractivity contribution in [2.24, 2.45) is 0 Å². The molecule has 0 saturated heterocycles. The number of halogens is 2. The number of allylic oxidation sites excluding steroid dienone is 1. The van der Waals surface area contributed by atoms with Gasteiger partial charge in [-0.1, -0.05) is 77.3 Å². The minimum Gasteiger partial charge on any atom is -0.354 e. The van der Waals surface area contributed by atoms with E-state index in [9.17, 15) is 0 Å². The maximum atomic E-state index is 6.35. The quantitative estimate of drug-likeness (QED) is 0.299. The van der Waals surface area contributed by atoms with Gasteiger partial charge in [0.1, 0.15) is 5.82 Å². The van der Waals surface area contributed by atoms with Crippen LogP contribution in [0.25, 0.3) is 38.9 Å². The lowest BCUT2D eigenvalue weighted by Crippen LogP contribution is -1.97. The van der Waals surface area contributed by atoms with Gasteiger partial charge in [-0.15, -0.1) is 0 Å². The van der Waals surface area contributed by atoms with Gasteiger partial charge >= 0.3 is 0 Å². The van der Waals surface area contributed by atoms with Crippen LogP contribution in [0.15, 0.2) is 66.7 Å². The first kappa shape index (κ1) is 17.8. The zero-order valence-corrected chi connectivity index (χ0v) is 17.7. The van der Waals surface area contributed by atoms with Gasteiger partial charge in [-0.3, -0.25) is 0 Å². The monoisotopic (exact) mass is 429 g/mol. The van der Waals surface area contributed by atoms with Gasteiger partial charge in [0.05, 0.1) is 32.3 Å². The van der Waals surface area contributed by atoms with Gasteiger partial charge in [0.25, 0.3) is 0 Å². The second-order valence-corrected chi connectivity index (χ2v) is 8.52. The number of nitrogens with one attached hydrogen (secondary N) is 1. The second-order valence-electron chi connectivity index (χ2n) is 7.71. The van der Waals surface area contributed by atoms with Gasteiger partial charge in [0, 0.05) is 23.0 Å². The molecule has 30 heavy (non-hydrogen) atoms. The summed E-state index contributed by atoms with van der Waals surface area (Å²) < 4.78 is 2.22. The Morgan fingerprint density at radius 3 is 2.57 bits per heavy atom. The predicted octanol–water partition coefficient (Wildman–Crippen LogP) is 7.25. The number of aromatic amines is 1. The number of hydrogen-bond donors (Lipinski definition) is 1. The summed E-state index contributed by atoms with van der Waals surface area (Å²) in [7, 11) is 0. The zero-order chi connectivity index (χ0) is 20.4. The SMILES string of the molecule is Cc1ccc(C2=CCn3c(nc4cc(Cl)c(Cl)cc43)-c3c2[nH]c2ccccc32)cc1. The molecule has 0 bridgehead atoms. The lowest BCUT2D eigenvalue weighted by molar-refractivity contribution is 0.866. The molecule has 0 amide bonds. The van der Waals surface area contributed by atoms with Gasteiger partial charge in [0.15, 0.2) is 0 Å². The smallest absolute Gasteiger partial charge is 0.144 e. The molecule has 6 rings (SSSR count). The van der Waals surface area contributed by atoms with Crippen LogP contribution >= 0.6 is 23.2 Å². The first-order valence-electron chi connectivity index (χ1n) is 9.84. The van der Waals surface area contributed by atoms with Crippen LogP contribution in [0.1, 0.15) is 16.8 Å². The third-order valence-electron chi connectivity index (χ3n) is 5.83. The molecule has 3 aromatic carbocycles. The Labute approximate surface area is 183 Å². The molecule has 1 N–H and O–H groups in total. The maximum Gasteiger partial charge on any atom is 0.144 e. The Morgan fingerprint density at radius 1 is 0.967 bits per heavy atom. The lowest BCUT2D eigenvalue weighted by atomic mass is 9.98. The largest absolute Gasteiger partial charge is 0.354 e. The van der Waals surface area contributed by atoms with E-state index in [1.54, 1.807) is 0 Å². The Morgan fingerprint density at radius 2 is 1.73 bits per heavy atom. The van der Waals surface area contributed by atoms with Crippen LogP contribution in [0.5, 0.6) is 0 Å². The number of hydrogen-bond acceptors (Lipinski definition) is 1. The van der Waals surface area contributed by atoms with E-state index in [-0.39, 0.29) is 0 Å². The van der Waals surface area contributed by atoms with E-state index in [1.807, 2.05) is 12.1 Å². The van der Waals surface area contributed by atoms with Crippen molar-refractivity contribution in [3.05, 3.63) is 93.6 Å². The summed E-state index contributed by atoms with van der Waals surface area (Å²) >= 11 is 12.6. The molecule has 0 unspecified atom stereocenters. The zero-order valence-electron chi connectivity index (χ0n) is 16.2. The highest BCUT2D eigenvalue weighted by Gasteiger charge is 2.25. The van der Waals surface area contributed by atoms with E-state index in [1.165, 1.54) is 16.7 Å². The Hall–Kier alpha value is -3.01. The molecule has 0 saturated carbocycles. The molecular weight excluding hydrogens is 413 g/mol. The minimum atomic E-state index is 0.521. The van der Waals surface area contributed by atoms with Crippen LogP contribution in [0.4, 0.5) is 0 Å². The number of aromatic nitrogens is 3. The summed E-state index contributed by atoms with van der Waals surface area (Å²) in [6.07, 6.45) is 2.26. The molecule has 0 radical (unpaired) electrons. The van der Waals surface area contributed by atoms with Crippen LogP contribution in [0.3, 0.4) is 0 Å². The van der Waals surface area contributed by atoms with Crippen molar-refractivity contribution in [3.63, 3.8) is 0 Å². The highest BCUT2D eigenvalue weighted by atomic mass is 35.5. The summed E-state index contributed by atoms with van der Waals surface area (Å²) in [6, 6.07) is 20.8. The van der Waals surface area contributed by atoms with E-state index in [0.717, 1.165) is 39.0 Å². The minimum absolute atomic E-state index is 0.521. The molecule has 146 valence electrons. The first-order chi connectivity index (χ1) is 14.6. The van der Waals surface area contributed by atoms with Crippen LogP contribution < -0.4 is 0 Å². The molecule has 0 spiro atoms. The van der Waals surface area contributed by atoms with Crippen molar-refractivity contribution in [1.82, 2.24) is 14.5 Å². The summed E-state index contributed by atoms with van der Waals surface area (Å²) in [5.74, 6) is 0.925. The van der Waals surface area contributed by atoms with Crippen molar-refractivity contribution in [1.29, 1.82) is 0 Å². The first-order valence-corrected chi connectivity index (χ1v) is 10.6. The van der Waals surface area contributed by atoms with Gasteiger partial charge < -0.3 is 9.55 Å². The third-order valence-corrected chi connectivity index (χ3v) is 6.55. The van der Waals surface area contributed by atoms with Gasteiger partial charge in [-0.2, -0.15) is 0 Å². The number of rotatable bonds is 1. The molecule has 3 nitrogen and oxygen atoms in total. The molecule has 0 atom stereocenters. The number of fused-ring (bicyclic) bond motifs is 7. The fourth-order valence-corrected chi connectivity index (χ4v) is 4.67. The second kappa shape index (κ2) is 6.49. The number of H-pyrrole nitrogens is 1. The van der Waals surface area contributed by atoms with E-state index in [0.29, 0.717) is 16.6 Å². The molecular formula is C25H17Cl2N3. The van der Waals surface area contributed by atoms with Crippen molar-refractivity contribution >= 4 is 50.7 Å². The van der Waals surface area contributed by atoms with Gasteiger partial charge in [0.2, 0.25) is 0 Å². The van der Waals surface area contributed by atoms with Gasteiger partial charge in [-0.25, -0.2) is 4.98 Å². The predicted molar refractivity (Wildman–Crippen MR) is 125 cm³/mol. The molecule has 5 heteroatoms. The van der Waals surface area contributed by atoms with Crippen LogP contribution in [-0.4, -0.2) is 14.5 Å². The number of nitrogens with zero attached hydrogens (tertiary/aromatic N) is 2. The van der Waals surface area contributed by atoms with Crippen molar-refractivity contribution in [2.75, 3.05) is 0 Å². The summed E-state index contributed by atoms with van der Waals surface area (Å²) in [5.41, 5.74) is 8.74. The standard InChI is InChI=1S/C25H17Cl2N3/c1-14-6-8-15(9-7-14)16-10-11-30-22-13-19(27)18(26)12-21(22)29-25(30)23-17-4-2-3-5-20(17)28-24(16)23/h2-10,12-13,28H,11H2,1H3. The summed E-state index contributed by atoms with van der Waals surface area (Å²) in [6.45, 7) is 2.81. The summed E-state index contributed by atoms with van der Waals surface area (Å²) in [4.78, 5) is 8.64. The van der Waals surface area contributed by atoms with E-state index < -0.39 is 0 Å². The number of imidazole rings is 1. The van der Waals surface area contributed by atoms with E-state index >= 15 is 0 Å². The van der Waals surface area contributed by atoms with E-state index in [4.69, 9.17) is 28.2 Å². The average Bonchev–Trinajstić information content (AvgIpc) is 3.23. The van der Waals surface area contributed by atoms with E-state index in [2.05, 4.69) is 71.1 Å².